The molecule has 0 radical (unpaired) electrons. The minimum Gasteiger partial charge on any atom is -0.326 e. The van der Waals surface area contributed by atoms with E-state index in [0.29, 0.717) is 12.1 Å². The van der Waals surface area contributed by atoms with Gasteiger partial charge in [-0.1, -0.05) is 30.0 Å². The smallest absolute Gasteiger partial charge is 0.100 e. The average molecular weight is 319 g/mol. The van der Waals surface area contributed by atoms with Crippen molar-refractivity contribution < 1.29 is 0 Å². The molecular formula is C14H11BrN2S. The molecule has 90 valence electrons. The maximum atomic E-state index is 9.17. The van der Waals surface area contributed by atoms with Crippen molar-refractivity contribution in [3.63, 3.8) is 0 Å². The Labute approximate surface area is 119 Å². The molecule has 0 atom stereocenters. The molecule has 2 nitrogen and oxygen atoms in total. The second-order valence-electron chi connectivity index (χ2n) is 3.68. The highest BCUT2D eigenvalue weighted by Crippen LogP contribution is 2.35. The summed E-state index contributed by atoms with van der Waals surface area (Å²) in [6, 6.07) is 15.9. The molecular weight excluding hydrogens is 308 g/mol. The third kappa shape index (κ3) is 2.94. The molecule has 0 aromatic heterocycles. The largest absolute Gasteiger partial charge is 0.326 e. The van der Waals surface area contributed by atoms with Gasteiger partial charge in [0.15, 0.2) is 0 Å². The monoisotopic (exact) mass is 318 g/mol. The number of hydrogen-bond donors (Lipinski definition) is 1. The summed E-state index contributed by atoms with van der Waals surface area (Å²) in [5, 5.41) is 9.17. The maximum absolute atomic E-state index is 9.17. The normalized spacial score (nSPS) is 10.1. The number of rotatable bonds is 3. The molecule has 0 heterocycles. The van der Waals surface area contributed by atoms with Gasteiger partial charge >= 0.3 is 0 Å². The van der Waals surface area contributed by atoms with Crippen LogP contribution in [0.4, 0.5) is 0 Å². The molecule has 0 aliphatic heterocycles. The summed E-state index contributed by atoms with van der Waals surface area (Å²) < 4.78 is 1.03. The molecule has 2 aromatic rings. The molecule has 18 heavy (non-hydrogen) atoms. The van der Waals surface area contributed by atoms with Crippen LogP contribution in [-0.2, 0) is 6.54 Å². The number of halogens is 1. The predicted molar refractivity (Wildman–Crippen MR) is 77.3 cm³/mol. The summed E-state index contributed by atoms with van der Waals surface area (Å²) >= 11 is 5.08. The number of benzene rings is 2. The van der Waals surface area contributed by atoms with Crippen LogP contribution in [0.5, 0.6) is 0 Å². The lowest BCUT2D eigenvalue weighted by molar-refractivity contribution is 1.06. The van der Waals surface area contributed by atoms with E-state index in [4.69, 9.17) is 11.0 Å². The van der Waals surface area contributed by atoms with Crippen molar-refractivity contribution in [2.24, 2.45) is 5.73 Å². The standard InChI is InChI=1S/C14H11BrN2S/c15-12-3-1-2-4-14(12)18-13-6-5-10(8-16)7-11(13)9-17/h1-7H,8,16H2. The Morgan fingerprint density at radius 1 is 1.17 bits per heavy atom. The lowest BCUT2D eigenvalue weighted by Crippen LogP contribution is -1.97. The third-order valence-electron chi connectivity index (χ3n) is 2.46. The van der Waals surface area contributed by atoms with Gasteiger partial charge in [-0.15, -0.1) is 0 Å². The Balaban J connectivity index is 2.35. The van der Waals surface area contributed by atoms with E-state index in [1.807, 2.05) is 42.5 Å². The molecule has 0 saturated heterocycles. The van der Waals surface area contributed by atoms with E-state index < -0.39 is 0 Å². The second-order valence-corrected chi connectivity index (χ2v) is 5.62. The summed E-state index contributed by atoms with van der Waals surface area (Å²) in [6.45, 7) is 0.453. The first-order valence-corrected chi connectivity index (χ1v) is 7.01. The van der Waals surface area contributed by atoms with Crippen molar-refractivity contribution in [2.75, 3.05) is 0 Å². The number of hydrogen-bond acceptors (Lipinski definition) is 3. The van der Waals surface area contributed by atoms with Gasteiger partial charge in [-0.25, -0.2) is 0 Å². The predicted octanol–water partition coefficient (Wildman–Crippen LogP) is 3.93. The van der Waals surface area contributed by atoms with Gasteiger partial charge in [0.05, 0.1) is 5.56 Å². The summed E-state index contributed by atoms with van der Waals surface area (Å²) in [5.74, 6) is 0. The fourth-order valence-electron chi connectivity index (χ4n) is 1.53. The zero-order valence-corrected chi connectivity index (χ0v) is 12.0. The highest BCUT2D eigenvalue weighted by molar-refractivity contribution is 9.10. The van der Waals surface area contributed by atoms with E-state index in [-0.39, 0.29) is 0 Å². The van der Waals surface area contributed by atoms with Crippen molar-refractivity contribution >= 4 is 27.7 Å². The third-order valence-corrected chi connectivity index (χ3v) is 4.56. The SMILES string of the molecule is N#Cc1cc(CN)ccc1Sc1ccccc1Br. The van der Waals surface area contributed by atoms with Gasteiger partial charge in [-0.2, -0.15) is 5.26 Å². The van der Waals surface area contributed by atoms with Gasteiger partial charge in [0, 0.05) is 20.8 Å². The van der Waals surface area contributed by atoms with Gasteiger partial charge in [-0.3, -0.25) is 0 Å². The molecule has 0 spiro atoms. The average Bonchev–Trinajstić information content (AvgIpc) is 2.41. The summed E-state index contributed by atoms with van der Waals surface area (Å²) in [4.78, 5) is 2.04. The van der Waals surface area contributed by atoms with E-state index in [0.717, 1.165) is 19.8 Å². The number of nitrogens with zero attached hydrogens (tertiary/aromatic N) is 1. The van der Waals surface area contributed by atoms with Crippen LogP contribution in [0, 0.1) is 11.3 Å². The first kappa shape index (κ1) is 13.2. The zero-order valence-electron chi connectivity index (χ0n) is 9.56. The molecule has 4 heteroatoms. The van der Waals surface area contributed by atoms with Gasteiger partial charge in [0.1, 0.15) is 6.07 Å². The van der Waals surface area contributed by atoms with Gasteiger partial charge in [-0.05, 0) is 45.8 Å². The lowest BCUT2D eigenvalue weighted by Gasteiger charge is -2.07. The van der Waals surface area contributed by atoms with Crippen LogP contribution in [0.1, 0.15) is 11.1 Å². The Morgan fingerprint density at radius 2 is 1.94 bits per heavy atom. The van der Waals surface area contributed by atoms with E-state index >= 15 is 0 Å². The van der Waals surface area contributed by atoms with Crippen molar-refractivity contribution in [1.29, 1.82) is 5.26 Å². The Morgan fingerprint density at radius 3 is 2.61 bits per heavy atom. The molecule has 0 saturated carbocycles. The van der Waals surface area contributed by atoms with Crippen molar-refractivity contribution in [1.82, 2.24) is 0 Å². The Hall–Kier alpha value is -1.28. The molecule has 2 rings (SSSR count). The molecule has 2 aromatic carbocycles. The molecule has 0 bridgehead atoms. The first-order chi connectivity index (χ1) is 8.74. The molecule has 0 aliphatic rings. The van der Waals surface area contributed by atoms with Gasteiger partial charge in [0.2, 0.25) is 0 Å². The highest BCUT2D eigenvalue weighted by Gasteiger charge is 2.07. The van der Waals surface area contributed by atoms with Crippen LogP contribution in [0.25, 0.3) is 0 Å². The summed E-state index contributed by atoms with van der Waals surface area (Å²) in [6.07, 6.45) is 0. The fraction of sp³-hybridized carbons (Fsp3) is 0.0714. The zero-order chi connectivity index (χ0) is 13.0. The van der Waals surface area contributed by atoms with Crippen LogP contribution in [-0.4, -0.2) is 0 Å². The van der Waals surface area contributed by atoms with Crippen LogP contribution in [0.3, 0.4) is 0 Å². The van der Waals surface area contributed by atoms with E-state index in [1.165, 1.54) is 0 Å². The summed E-state index contributed by atoms with van der Waals surface area (Å²) in [5.41, 5.74) is 7.22. The molecule has 0 fully saturated rings. The molecule has 0 amide bonds. The van der Waals surface area contributed by atoms with Crippen LogP contribution in [0.15, 0.2) is 56.7 Å². The van der Waals surface area contributed by atoms with Crippen molar-refractivity contribution in [3.8, 4) is 6.07 Å². The topological polar surface area (TPSA) is 49.8 Å². The quantitative estimate of drug-likeness (QED) is 0.932. The van der Waals surface area contributed by atoms with Crippen LogP contribution >= 0.6 is 27.7 Å². The van der Waals surface area contributed by atoms with Gasteiger partial charge in [0.25, 0.3) is 0 Å². The minimum atomic E-state index is 0.453. The summed E-state index contributed by atoms with van der Waals surface area (Å²) in [7, 11) is 0. The molecule has 0 aliphatic carbocycles. The Bertz CT molecular complexity index is 605. The maximum Gasteiger partial charge on any atom is 0.100 e. The molecule has 2 N–H and O–H groups in total. The first-order valence-electron chi connectivity index (χ1n) is 5.40. The number of nitrogens with two attached hydrogens (primary N) is 1. The highest BCUT2D eigenvalue weighted by atomic mass is 79.9. The van der Waals surface area contributed by atoms with E-state index in [1.54, 1.807) is 11.8 Å². The Kier molecular flexibility index (Phi) is 4.43. The number of nitriles is 1. The minimum absolute atomic E-state index is 0.453. The lowest BCUT2D eigenvalue weighted by atomic mass is 10.1. The van der Waals surface area contributed by atoms with Crippen LogP contribution < -0.4 is 5.73 Å². The van der Waals surface area contributed by atoms with E-state index in [2.05, 4.69) is 22.0 Å². The second kappa shape index (κ2) is 6.05. The van der Waals surface area contributed by atoms with Crippen molar-refractivity contribution in [2.45, 2.75) is 16.3 Å². The molecule has 0 unspecified atom stereocenters. The van der Waals surface area contributed by atoms with Crippen molar-refractivity contribution in [3.05, 3.63) is 58.1 Å². The fourth-order valence-corrected chi connectivity index (χ4v) is 2.95. The van der Waals surface area contributed by atoms with E-state index in [9.17, 15) is 0 Å². The van der Waals surface area contributed by atoms with Crippen LogP contribution in [0.2, 0.25) is 0 Å². The van der Waals surface area contributed by atoms with Gasteiger partial charge < -0.3 is 5.73 Å².